The van der Waals surface area contributed by atoms with E-state index >= 15 is 0 Å². The highest BCUT2D eigenvalue weighted by atomic mass is 32.2. The van der Waals surface area contributed by atoms with Crippen LogP contribution < -0.4 is 14.8 Å². The summed E-state index contributed by atoms with van der Waals surface area (Å²) in [5.74, 6) is -1.12. The standard InChI is InChI=1S/C22H21FN2O4S2/c1-3-29-21-12-11-17(31(27,28)25-15-7-6-8-16(13-15)30-2)14-20(21)24-22(26)18-9-4-5-10-19(18)23/h4-14,25H,3H2,1-2H3,(H,24,26). The van der Waals surface area contributed by atoms with E-state index in [0.29, 0.717) is 12.3 Å². The fraction of sp³-hybridized carbons (Fsp3) is 0.136. The van der Waals surface area contributed by atoms with Gasteiger partial charge in [0.2, 0.25) is 0 Å². The molecule has 0 saturated carbocycles. The Hall–Kier alpha value is -3.04. The Labute approximate surface area is 184 Å². The van der Waals surface area contributed by atoms with Gasteiger partial charge in [0, 0.05) is 10.6 Å². The molecule has 0 spiro atoms. The molecule has 1 amide bonds. The van der Waals surface area contributed by atoms with Crippen LogP contribution in [-0.2, 0) is 10.0 Å². The van der Waals surface area contributed by atoms with Gasteiger partial charge in [-0.1, -0.05) is 18.2 Å². The third-order valence-electron chi connectivity index (χ3n) is 4.25. The Kier molecular flexibility index (Phi) is 7.19. The first kappa shape index (κ1) is 22.6. The van der Waals surface area contributed by atoms with Gasteiger partial charge in [-0.2, -0.15) is 0 Å². The van der Waals surface area contributed by atoms with E-state index in [1.165, 1.54) is 54.2 Å². The molecular formula is C22H21FN2O4S2. The molecule has 31 heavy (non-hydrogen) atoms. The molecule has 0 aliphatic carbocycles. The molecule has 0 aromatic heterocycles. The van der Waals surface area contributed by atoms with Crippen molar-refractivity contribution in [2.24, 2.45) is 0 Å². The van der Waals surface area contributed by atoms with Crippen molar-refractivity contribution in [3.8, 4) is 5.75 Å². The largest absolute Gasteiger partial charge is 0.492 e. The van der Waals surface area contributed by atoms with Gasteiger partial charge < -0.3 is 10.1 Å². The summed E-state index contributed by atoms with van der Waals surface area (Å²) >= 11 is 1.49. The summed E-state index contributed by atoms with van der Waals surface area (Å²) in [7, 11) is -3.94. The number of rotatable bonds is 8. The summed E-state index contributed by atoms with van der Waals surface area (Å²) in [5, 5.41) is 2.55. The van der Waals surface area contributed by atoms with Gasteiger partial charge in [0.15, 0.2) is 0 Å². The van der Waals surface area contributed by atoms with Crippen molar-refractivity contribution >= 4 is 39.1 Å². The Balaban J connectivity index is 1.93. The zero-order chi connectivity index (χ0) is 22.4. The van der Waals surface area contributed by atoms with Crippen molar-refractivity contribution in [2.75, 3.05) is 22.9 Å². The van der Waals surface area contributed by atoms with Crippen molar-refractivity contribution in [3.05, 3.63) is 78.1 Å². The maximum Gasteiger partial charge on any atom is 0.261 e. The van der Waals surface area contributed by atoms with Crippen molar-refractivity contribution < 1.29 is 22.3 Å². The van der Waals surface area contributed by atoms with E-state index in [1.807, 2.05) is 12.3 Å². The van der Waals surface area contributed by atoms with Crippen LogP contribution >= 0.6 is 11.8 Å². The van der Waals surface area contributed by atoms with Crippen molar-refractivity contribution in [1.82, 2.24) is 0 Å². The molecule has 0 bridgehead atoms. The van der Waals surface area contributed by atoms with Gasteiger partial charge in [0.1, 0.15) is 11.6 Å². The average Bonchev–Trinajstić information content (AvgIpc) is 2.75. The maximum absolute atomic E-state index is 14.0. The summed E-state index contributed by atoms with van der Waals surface area (Å²) in [6.45, 7) is 2.06. The normalized spacial score (nSPS) is 11.1. The average molecular weight is 461 g/mol. The molecule has 3 rings (SSSR count). The predicted octanol–water partition coefficient (Wildman–Crippen LogP) is 5.00. The van der Waals surface area contributed by atoms with Crippen LogP contribution in [-0.4, -0.2) is 27.2 Å². The lowest BCUT2D eigenvalue weighted by atomic mass is 10.2. The van der Waals surface area contributed by atoms with Gasteiger partial charge in [-0.25, -0.2) is 12.8 Å². The van der Waals surface area contributed by atoms with Crippen LogP contribution in [0.4, 0.5) is 15.8 Å². The number of hydrogen-bond acceptors (Lipinski definition) is 5. The van der Waals surface area contributed by atoms with Crippen LogP contribution in [0.25, 0.3) is 0 Å². The van der Waals surface area contributed by atoms with Gasteiger partial charge in [0.05, 0.1) is 22.8 Å². The Morgan fingerprint density at radius 3 is 2.55 bits per heavy atom. The molecule has 162 valence electrons. The van der Waals surface area contributed by atoms with E-state index in [0.717, 1.165) is 4.90 Å². The highest BCUT2D eigenvalue weighted by Crippen LogP contribution is 2.30. The molecule has 6 nitrogen and oxygen atoms in total. The zero-order valence-electron chi connectivity index (χ0n) is 16.9. The number of benzene rings is 3. The van der Waals surface area contributed by atoms with E-state index in [1.54, 1.807) is 25.1 Å². The quantitative estimate of drug-likeness (QED) is 0.462. The smallest absolute Gasteiger partial charge is 0.261 e. The molecule has 0 saturated heterocycles. The minimum atomic E-state index is -3.94. The van der Waals surface area contributed by atoms with Crippen LogP contribution in [0.5, 0.6) is 5.75 Å². The maximum atomic E-state index is 14.0. The van der Waals surface area contributed by atoms with Crippen LogP contribution in [0.1, 0.15) is 17.3 Å². The summed E-state index contributed by atoms with van der Waals surface area (Å²) in [6, 6.07) is 16.6. The third kappa shape index (κ3) is 5.56. The Morgan fingerprint density at radius 2 is 1.84 bits per heavy atom. The van der Waals surface area contributed by atoms with E-state index in [2.05, 4.69) is 10.0 Å². The fourth-order valence-electron chi connectivity index (χ4n) is 2.79. The van der Waals surface area contributed by atoms with Crippen LogP contribution in [0.2, 0.25) is 0 Å². The number of hydrogen-bond donors (Lipinski definition) is 2. The molecule has 0 fully saturated rings. The monoisotopic (exact) mass is 460 g/mol. The van der Waals surface area contributed by atoms with Crippen molar-refractivity contribution in [2.45, 2.75) is 16.7 Å². The lowest BCUT2D eigenvalue weighted by Gasteiger charge is -2.15. The Bertz CT molecular complexity index is 1200. The van der Waals surface area contributed by atoms with Gasteiger partial charge in [-0.05, 0) is 61.7 Å². The number of carbonyl (C=O) groups is 1. The van der Waals surface area contributed by atoms with Crippen LogP contribution in [0, 0.1) is 5.82 Å². The summed E-state index contributed by atoms with van der Waals surface area (Å²) in [6.07, 6.45) is 1.89. The van der Waals surface area contributed by atoms with Crippen LogP contribution in [0.15, 0.2) is 76.5 Å². The molecule has 0 aliphatic heterocycles. The highest BCUT2D eigenvalue weighted by Gasteiger charge is 2.19. The fourth-order valence-corrected chi connectivity index (χ4v) is 4.33. The molecule has 3 aromatic carbocycles. The van der Waals surface area contributed by atoms with E-state index < -0.39 is 21.7 Å². The molecular weight excluding hydrogens is 439 g/mol. The number of ether oxygens (including phenoxy) is 1. The van der Waals surface area contributed by atoms with Crippen molar-refractivity contribution in [3.63, 3.8) is 0 Å². The number of halogens is 1. The summed E-state index contributed by atoms with van der Waals surface area (Å²) in [5.41, 5.74) is 0.374. The number of nitrogens with one attached hydrogen (secondary N) is 2. The number of carbonyl (C=O) groups excluding carboxylic acids is 1. The molecule has 0 unspecified atom stereocenters. The van der Waals surface area contributed by atoms with E-state index in [9.17, 15) is 17.6 Å². The minimum absolute atomic E-state index is 0.0747. The Morgan fingerprint density at radius 1 is 1.06 bits per heavy atom. The lowest BCUT2D eigenvalue weighted by Crippen LogP contribution is -2.17. The van der Waals surface area contributed by atoms with Gasteiger partial charge in [-0.3, -0.25) is 9.52 Å². The zero-order valence-corrected chi connectivity index (χ0v) is 18.5. The van der Waals surface area contributed by atoms with Gasteiger partial charge >= 0.3 is 0 Å². The molecule has 0 heterocycles. The summed E-state index contributed by atoms with van der Waals surface area (Å²) < 4.78 is 47.8. The highest BCUT2D eigenvalue weighted by molar-refractivity contribution is 7.98. The van der Waals surface area contributed by atoms with E-state index in [-0.39, 0.29) is 21.9 Å². The van der Waals surface area contributed by atoms with Gasteiger partial charge in [0.25, 0.3) is 15.9 Å². The number of amides is 1. The van der Waals surface area contributed by atoms with E-state index in [4.69, 9.17) is 4.74 Å². The molecule has 0 aliphatic rings. The first-order valence-electron chi connectivity index (χ1n) is 9.33. The molecule has 9 heteroatoms. The second-order valence-electron chi connectivity index (χ2n) is 6.36. The first-order chi connectivity index (χ1) is 14.8. The van der Waals surface area contributed by atoms with Crippen molar-refractivity contribution in [1.29, 1.82) is 0 Å². The first-order valence-corrected chi connectivity index (χ1v) is 12.0. The lowest BCUT2D eigenvalue weighted by molar-refractivity contribution is 0.102. The topological polar surface area (TPSA) is 84.5 Å². The van der Waals surface area contributed by atoms with Crippen LogP contribution in [0.3, 0.4) is 0 Å². The second-order valence-corrected chi connectivity index (χ2v) is 8.92. The number of thioether (sulfide) groups is 1. The number of anilines is 2. The second kappa shape index (κ2) is 9.84. The molecule has 2 N–H and O–H groups in total. The minimum Gasteiger partial charge on any atom is -0.492 e. The summed E-state index contributed by atoms with van der Waals surface area (Å²) in [4.78, 5) is 13.4. The van der Waals surface area contributed by atoms with Gasteiger partial charge in [-0.15, -0.1) is 11.8 Å². The molecule has 0 radical (unpaired) electrons. The SMILES string of the molecule is CCOc1ccc(S(=O)(=O)Nc2cccc(SC)c2)cc1NC(=O)c1ccccc1F. The predicted molar refractivity (Wildman–Crippen MR) is 121 cm³/mol. The number of sulfonamides is 1. The third-order valence-corrected chi connectivity index (χ3v) is 6.35. The molecule has 3 aromatic rings. The molecule has 0 atom stereocenters.